The van der Waals surface area contributed by atoms with E-state index in [1.165, 1.54) is 29.5 Å². The summed E-state index contributed by atoms with van der Waals surface area (Å²) in [5, 5.41) is 1.54. The van der Waals surface area contributed by atoms with Gasteiger partial charge in [-0.1, -0.05) is 48.2 Å². The molecule has 2 rings (SSSR count). The first-order valence-electron chi connectivity index (χ1n) is 5.38. The van der Waals surface area contributed by atoms with E-state index < -0.39 is 0 Å². The minimum absolute atomic E-state index is 0.729. The highest BCUT2D eigenvalue weighted by Gasteiger charge is 2.13. The third-order valence-corrected chi connectivity index (χ3v) is 3.38. The Labute approximate surface area is 101 Å². The summed E-state index contributed by atoms with van der Waals surface area (Å²) in [4.78, 5) is 0. The highest BCUT2D eigenvalue weighted by Crippen LogP contribution is 2.33. The topological polar surface area (TPSA) is 0 Å². The van der Waals surface area contributed by atoms with E-state index in [-0.39, 0.29) is 0 Å². The van der Waals surface area contributed by atoms with Crippen LogP contribution in [0, 0.1) is 0 Å². The van der Waals surface area contributed by atoms with Crippen LogP contribution in [0.15, 0.2) is 17.7 Å². The predicted molar refractivity (Wildman–Crippen MR) is 67.7 cm³/mol. The summed E-state index contributed by atoms with van der Waals surface area (Å²) in [7, 11) is 0. The smallest absolute Gasteiger partial charge is 0.0458 e. The molecule has 1 aliphatic carbocycles. The molecule has 15 heavy (non-hydrogen) atoms. The summed E-state index contributed by atoms with van der Waals surface area (Å²) in [6.45, 7) is 2.21. The van der Waals surface area contributed by atoms with Crippen molar-refractivity contribution in [2.75, 3.05) is 0 Å². The quantitative estimate of drug-likeness (QED) is 0.673. The van der Waals surface area contributed by atoms with Crippen LogP contribution >= 0.6 is 23.2 Å². The summed E-state index contributed by atoms with van der Waals surface area (Å²) < 4.78 is 0. The summed E-state index contributed by atoms with van der Waals surface area (Å²) in [6, 6.07) is 3.85. The second kappa shape index (κ2) is 4.59. The highest BCUT2D eigenvalue weighted by atomic mass is 35.5. The standard InChI is InChI=1S/C13H14Cl2/c1-2-3-9-4-5-12-10(6-9)7-11(14)8-13(12)15/h6-8H,2-5H2,1H3. The lowest BCUT2D eigenvalue weighted by Crippen LogP contribution is -2.00. The van der Waals surface area contributed by atoms with E-state index in [2.05, 4.69) is 13.0 Å². The molecule has 0 bridgehead atoms. The molecule has 0 saturated carbocycles. The van der Waals surface area contributed by atoms with Crippen molar-refractivity contribution in [1.82, 2.24) is 0 Å². The monoisotopic (exact) mass is 240 g/mol. The van der Waals surface area contributed by atoms with Gasteiger partial charge in [0.25, 0.3) is 0 Å². The minimum Gasteiger partial charge on any atom is -0.0843 e. The van der Waals surface area contributed by atoms with Crippen LogP contribution in [0.5, 0.6) is 0 Å². The number of rotatable bonds is 2. The Morgan fingerprint density at radius 1 is 1.20 bits per heavy atom. The van der Waals surface area contributed by atoms with Crippen molar-refractivity contribution in [2.45, 2.75) is 32.6 Å². The molecular weight excluding hydrogens is 227 g/mol. The maximum atomic E-state index is 6.16. The second-order valence-electron chi connectivity index (χ2n) is 4.01. The molecule has 1 aromatic rings. The van der Waals surface area contributed by atoms with Crippen molar-refractivity contribution in [2.24, 2.45) is 0 Å². The third-order valence-electron chi connectivity index (χ3n) is 2.82. The first-order valence-corrected chi connectivity index (χ1v) is 6.13. The Morgan fingerprint density at radius 3 is 2.73 bits per heavy atom. The van der Waals surface area contributed by atoms with Gasteiger partial charge in [-0.05, 0) is 42.5 Å². The van der Waals surface area contributed by atoms with E-state index in [9.17, 15) is 0 Å². The van der Waals surface area contributed by atoms with Crippen LogP contribution < -0.4 is 0 Å². The fourth-order valence-electron chi connectivity index (χ4n) is 2.11. The Balaban J connectivity index is 2.41. The zero-order valence-corrected chi connectivity index (χ0v) is 10.3. The normalized spacial score (nSPS) is 14.7. The van der Waals surface area contributed by atoms with Crippen molar-refractivity contribution in [3.63, 3.8) is 0 Å². The average molecular weight is 241 g/mol. The van der Waals surface area contributed by atoms with E-state index in [4.69, 9.17) is 23.2 Å². The van der Waals surface area contributed by atoms with Crippen LogP contribution in [-0.2, 0) is 6.42 Å². The number of allylic oxidation sites excluding steroid dienone is 1. The highest BCUT2D eigenvalue weighted by molar-refractivity contribution is 6.35. The molecule has 0 saturated heterocycles. The van der Waals surface area contributed by atoms with Gasteiger partial charge in [-0.3, -0.25) is 0 Å². The Kier molecular flexibility index (Phi) is 3.38. The fourth-order valence-corrected chi connectivity index (χ4v) is 2.72. The molecule has 0 N–H and O–H groups in total. The lowest BCUT2D eigenvalue weighted by Gasteiger charge is -2.17. The van der Waals surface area contributed by atoms with Gasteiger partial charge in [0.15, 0.2) is 0 Å². The Morgan fingerprint density at radius 2 is 2.00 bits per heavy atom. The summed E-state index contributed by atoms with van der Waals surface area (Å²) in [5.41, 5.74) is 3.98. The number of hydrogen-bond donors (Lipinski definition) is 0. The third kappa shape index (κ3) is 2.38. The van der Waals surface area contributed by atoms with Crippen molar-refractivity contribution < 1.29 is 0 Å². The number of fused-ring (bicyclic) bond motifs is 1. The second-order valence-corrected chi connectivity index (χ2v) is 4.85. The zero-order valence-electron chi connectivity index (χ0n) is 8.82. The molecule has 0 fully saturated rings. The van der Waals surface area contributed by atoms with E-state index in [0.29, 0.717) is 0 Å². The van der Waals surface area contributed by atoms with Gasteiger partial charge in [-0.25, -0.2) is 0 Å². The summed E-state index contributed by atoms with van der Waals surface area (Å²) in [5.74, 6) is 0. The van der Waals surface area contributed by atoms with E-state index in [1.54, 1.807) is 0 Å². The Bertz CT molecular complexity index is 405. The first kappa shape index (κ1) is 11.0. The van der Waals surface area contributed by atoms with E-state index >= 15 is 0 Å². The van der Waals surface area contributed by atoms with Crippen LogP contribution in [0.1, 0.15) is 37.3 Å². The van der Waals surface area contributed by atoms with Crippen LogP contribution in [0.3, 0.4) is 0 Å². The van der Waals surface area contributed by atoms with Gasteiger partial charge >= 0.3 is 0 Å². The summed E-state index contributed by atoms with van der Waals surface area (Å²) in [6.07, 6.45) is 6.83. The predicted octanol–water partition coefficient (Wildman–Crippen LogP) is 5.12. The van der Waals surface area contributed by atoms with Gasteiger partial charge in [-0.2, -0.15) is 0 Å². The van der Waals surface area contributed by atoms with Crippen molar-refractivity contribution in [3.8, 4) is 0 Å². The van der Waals surface area contributed by atoms with Gasteiger partial charge in [0.05, 0.1) is 0 Å². The number of benzene rings is 1. The van der Waals surface area contributed by atoms with Crippen LogP contribution in [0.4, 0.5) is 0 Å². The molecular formula is C13H14Cl2. The molecule has 0 radical (unpaired) electrons. The van der Waals surface area contributed by atoms with Crippen molar-refractivity contribution in [3.05, 3.63) is 38.9 Å². The molecule has 1 aliphatic rings. The molecule has 0 aromatic heterocycles. The maximum absolute atomic E-state index is 6.16. The largest absolute Gasteiger partial charge is 0.0843 e. The van der Waals surface area contributed by atoms with Crippen molar-refractivity contribution in [1.29, 1.82) is 0 Å². The molecule has 0 atom stereocenters. The number of halogens is 2. The molecule has 0 nitrogen and oxygen atoms in total. The van der Waals surface area contributed by atoms with Gasteiger partial charge in [0.2, 0.25) is 0 Å². The Hall–Kier alpha value is -0.460. The first-order chi connectivity index (χ1) is 7.20. The van der Waals surface area contributed by atoms with E-state index in [0.717, 1.165) is 22.9 Å². The van der Waals surface area contributed by atoms with Gasteiger partial charge in [-0.15, -0.1) is 0 Å². The maximum Gasteiger partial charge on any atom is 0.0458 e. The van der Waals surface area contributed by atoms with Gasteiger partial charge in [0, 0.05) is 10.0 Å². The van der Waals surface area contributed by atoms with Gasteiger partial charge in [0.1, 0.15) is 0 Å². The molecule has 0 heterocycles. The minimum atomic E-state index is 0.729. The molecule has 0 spiro atoms. The zero-order chi connectivity index (χ0) is 10.8. The lowest BCUT2D eigenvalue weighted by molar-refractivity contribution is 0.814. The molecule has 2 heteroatoms. The van der Waals surface area contributed by atoms with Crippen LogP contribution in [0.2, 0.25) is 10.0 Å². The summed E-state index contributed by atoms with van der Waals surface area (Å²) >= 11 is 12.2. The molecule has 0 unspecified atom stereocenters. The molecule has 0 amide bonds. The van der Waals surface area contributed by atoms with E-state index in [1.807, 2.05) is 12.1 Å². The number of hydrogen-bond acceptors (Lipinski definition) is 0. The lowest BCUT2D eigenvalue weighted by atomic mass is 9.90. The molecule has 1 aromatic carbocycles. The van der Waals surface area contributed by atoms with Crippen LogP contribution in [-0.4, -0.2) is 0 Å². The molecule has 0 aliphatic heterocycles. The molecule has 80 valence electrons. The van der Waals surface area contributed by atoms with Crippen molar-refractivity contribution >= 4 is 29.3 Å². The van der Waals surface area contributed by atoms with Crippen LogP contribution in [0.25, 0.3) is 6.08 Å². The van der Waals surface area contributed by atoms with Gasteiger partial charge < -0.3 is 0 Å². The average Bonchev–Trinajstić information content (AvgIpc) is 2.17. The SMILES string of the molecule is CCCC1=Cc2cc(Cl)cc(Cl)c2CC1. The fraction of sp³-hybridized carbons (Fsp3) is 0.385.